The van der Waals surface area contributed by atoms with Gasteiger partial charge in [0.15, 0.2) is 6.71 Å². The van der Waals surface area contributed by atoms with Crippen LogP contribution in [0.5, 0.6) is 0 Å². The van der Waals surface area contributed by atoms with E-state index in [9.17, 15) is 5.26 Å². The maximum atomic E-state index is 9.39. The standard InChI is InChI=1S/C34H36BN/c1-32(2)23-9-7-10-24-29(23)35-30-25(32)11-8-12-26(30)34(5,6)28-22(21-15-13-20(19-36)14-16-21)17-18-27(31(28)35)33(24,3)4/h7-18,23,25,28-31H,1-6H3. The predicted octanol–water partition coefficient (Wildman–Crippen LogP) is 8.45. The van der Waals surface area contributed by atoms with Crippen molar-refractivity contribution in [2.24, 2.45) is 34.0 Å². The number of benzene rings is 1. The molecule has 3 fully saturated rings. The van der Waals surface area contributed by atoms with Gasteiger partial charge in [0.05, 0.1) is 11.6 Å². The molecule has 0 radical (unpaired) electrons. The smallest absolute Gasteiger partial charge is 0.165 e. The molecule has 1 aromatic carbocycles. The van der Waals surface area contributed by atoms with E-state index in [1.165, 1.54) is 11.1 Å². The molecule has 2 heteroatoms. The minimum absolute atomic E-state index is 0.0544. The highest BCUT2D eigenvalue weighted by molar-refractivity contribution is 6.68. The highest BCUT2D eigenvalue weighted by Crippen LogP contribution is 2.77. The zero-order valence-electron chi connectivity index (χ0n) is 22.4. The van der Waals surface area contributed by atoms with E-state index in [1.54, 1.807) is 16.7 Å². The summed E-state index contributed by atoms with van der Waals surface area (Å²) in [5.74, 6) is 3.29. The first-order valence-corrected chi connectivity index (χ1v) is 13.8. The van der Waals surface area contributed by atoms with Crippen LogP contribution < -0.4 is 0 Å². The van der Waals surface area contributed by atoms with Crippen molar-refractivity contribution in [2.45, 2.75) is 59.0 Å². The van der Waals surface area contributed by atoms with Crippen molar-refractivity contribution in [3.05, 3.63) is 101 Å². The first-order chi connectivity index (χ1) is 17.1. The summed E-state index contributed by atoms with van der Waals surface area (Å²) in [4.78, 5) is 0. The third-order valence-corrected chi connectivity index (χ3v) is 11.5. The highest BCUT2D eigenvalue weighted by Gasteiger charge is 2.69. The van der Waals surface area contributed by atoms with Crippen molar-refractivity contribution >= 4 is 12.3 Å². The van der Waals surface area contributed by atoms with E-state index in [-0.39, 0.29) is 16.2 Å². The molecular formula is C34H36BN. The second kappa shape index (κ2) is 6.95. The number of hydrogen-bond donors (Lipinski definition) is 0. The Morgan fingerprint density at radius 1 is 0.722 bits per heavy atom. The van der Waals surface area contributed by atoms with Gasteiger partial charge in [-0.25, -0.2) is 0 Å². The normalized spacial score (nSPS) is 37.1. The number of allylic oxidation sites excluding steroid dienone is 12. The van der Waals surface area contributed by atoms with Gasteiger partial charge < -0.3 is 0 Å². The maximum absolute atomic E-state index is 9.39. The Hall–Kier alpha value is -2.79. The summed E-state index contributed by atoms with van der Waals surface area (Å²) in [6.45, 7) is 15.7. The number of nitriles is 1. The van der Waals surface area contributed by atoms with Crippen LogP contribution in [0.3, 0.4) is 0 Å². The van der Waals surface area contributed by atoms with Gasteiger partial charge in [0.2, 0.25) is 0 Å². The lowest BCUT2D eigenvalue weighted by molar-refractivity contribution is 0.121. The van der Waals surface area contributed by atoms with Gasteiger partial charge >= 0.3 is 0 Å². The highest BCUT2D eigenvalue weighted by atomic mass is 14.6. The fraction of sp³-hybridized carbons (Fsp3) is 0.441. The minimum atomic E-state index is 0.0544. The second-order valence-electron chi connectivity index (χ2n) is 13.8. The Morgan fingerprint density at radius 3 is 1.94 bits per heavy atom. The molecule has 1 aromatic rings. The molecule has 0 aromatic heterocycles. The third kappa shape index (κ3) is 2.53. The molecule has 6 atom stereocenters. The first kappa shape index (κ1) is 22.4. The van der Waals surface area contributed by atoms with E-state index in [0.29, 0.717) is 41.9 Å². The summed E-state index contributed by atoms with van der Waals surface area (Å²) in [7, 11) is 0. The van der Waals surface area contributed by atoms with Crippen LogP contribution in [0.2, 0.25) is 17.5 Å². The van der Waals surface area contributed by atoms with E-state index in [1.807, 2.05) is 12.1 Å². The quantitative estimate of drug-likeness (QED) is 0.379. The molecule has 3 saturated heterocycles. The van der Waals surface area contributed by atoms with E-state index in [0.717, 1.165) is 5.56 Å². The summed E-state index contributed by atoms with van der Waals surface area (Å²) in [6.07, 6.45) is 19.7. The van der Waals surface area contributed by atoms with Crippen molar-refractivity contribution in [3.63, 3.8) is 0 Å². The molecule has 36 heavy (non-hydrogen) atoms. The molecule has 7 rings (SSSR count). The van der Waals surface area contributed by atoms with E-state index >= 15 is 0 Å². The summed E-state index contributed by atoms with van der Waals surface area (Å²) in [5, 5.41) is 9.39. The fourth-order valence-electron chi connectivity index (χ4n) is 9.90. The molecule has 6 aliphatic rings. The zero-order valence-corrected chi connectivity index (χ0v) is 22.4. The van der Waals surface area contributed by atoms with Crippen molar-refractivity contribution < 1.29 is 0 Å². The van der Waals surface area contributed by atoms with Crippen molar-refractivity contribution in [3.8, 4) is 6.07 Å². The summed E-state index contributed by atoms with van der Waals surface area (Å²) >= 11 is 0. The van der Waals surface area contributed by atoms with Gasteiger partial charge in [0.25, 0.3) is 0 Å². The van der Waals surface area contributed by atoms with Crippen LogP contribution in [0.25, 0.3) is 5.57 Å². The Bertz CT molecular complexity index is 1390. The Labute approximate surface area is 217 Å². The van der Waals surface area contributed by atoms with Gasteiger partial charge in [-0.3, -0.25) is 0 Å². The Morgan fingerprint density at radius 2 is 1.31 bits per heavy atom. The second-order valence-corrected chi connectivity index (χ2v) is 13.8. The molecule has 3 aliphatic carbocycles. The van der Waals surface area contributed by atoms with Gasteiger partial charge in [-0.1, -0.05) is 119 Å². The molecule has 3 heterocycles. The Balaban J connectivity index is 1.51. The average molecular weight is 469 g/mol. The minimum Gasteiger partial charge on any atom is -0.192 e. The lowest BCUT2D eigenvalue weighted by Crippen LogP contribution is -2.63. The summed E-state index contributed by atoms with van der Waals surface area (Å²) in [6, 6.07) is 10.6. The van der Waals surface area contributed by atoms with Crippen molar-refractivity contribution in [1.82, 2.24) is 0 Å². The lowest BCUT2D eigenvalue weighted by atomic mass is 9.09. The van der Waals surface area contributed by atoms with E-state index in [2.05, 4.69) is 108 Å². The molecule has 0 amide bonds. The van der Waals surface area contributed by atoms with Crippen LogP contribution in [-0.4, -0.2) is 6.71 Å². The van der Waals surface area contributed by atoms with Crippen LogP contribution in [0, 0.1) is 45.3 Å². The van der Waals surface area contributed by atoms with Gasteiger partial charge in [0.1, 0.15) is 0 Å². The van der Waals surface area contributed by atoms with Gasteiger partial charge in [0, 0.05) is 5.41 Å². The topological polar surface area (TPSA) is 23.8 Å². The fourth-order valence-corrected chi connectivity index (χ4v) is 9.90. The zero-order chi connectivity index (χ0) is 25.2. The average Bonchev–Trinajstić information content (AvgIpc) is 2.87. The first-order valence-electron chi connectivity index (χ1n) is 13.8. The van der Waals surface area contributed by atoms with Gasteiger partial charge in [-0.05, 0) is 69.3 Å². The predicted molar refractivity (Wildman–Crippen MR) is 150 cm³/mol. The molecule has 1 nitrogen and oxygen atoms in total. The van der Waals surface area contributed by atoms with Crippen LogP contribution in [0.1, 0.15) is 52.7 Å². The molecule has 180 valence electrons. The number of rotatable bonds is 1. The molecule has 0 N–H and O–H groups in total. The third-order valence-electron chi connectivity index (χ3n) is 11.5. The lowest BCUT2D eigenvalue weighted by Gasteiger charge is -2.69. The SMILES string of the molecule is CC1(C)C2=CC=C(c3ccc(C#N)cc3)C3C2B2C4C1=CC=CC4C(C)(C)C1C=CC=C(C21)C3(C)C. The summed E-state index contributed by atoms with van der Waals surface area (Å²) < 4.78 is 0. The largest absolute Gasteiger partial charge is 0.192 e. The van der Waals surface area contributed by atoms with E-state index in [4.69, 9.17) is 0 Å². The maximum Gasteiger partial charge on any atom is 0.165 e. The molecular weight excluding hydrogens is 433 g/mol. The molecule has 0 spiro atoms. The molecule has 6 unspecified atom stereocenters. The molecule has 0 saturated carbocycles. The van der Waals surface area contributed by atoms with Gasteiger partial charge in [-0.2, -0.15) is 5.26 Å². The van der Waals surface area contributed by atoms with Gasteiger partial charge in [-0.15, -0.1) is 0 Å². The van der Waals surface area contributed by atoms with Crippen molar-refractivity contribution in [2.75, 3.05) is 0 Å². The summed E-state index contributed by atoms with van der Waals surface area (Å²) in [5.41, 5.74) is 8.78. The Kier molecular flexibility index (Phi) is 4.33. The molecule has 3 aliphatic heterocycles. The van der Waals surface area contributed by atoms with Crippen molar-refractivity contribution in [1.29, 1.82) is 5.26 Å². The van der Waals surface area contributed by atoms with Crippen LogP contribution >= 0.6 is 0 Å². The monoisotopic (exact) mass is 469 g/mol. The number of hydrogen-bond acceptors (Lipinski definition) is 1. The van der Waals surface area contributed by atoms with E-state index < -0.39 is 0 Å². The van der Waals surface area contributed by atoms with Crippen LogP contribution in [-0.2, 0) is 0 Å². The number of nitrogens with zero attached hydrogens (tertiary/aromatic N) is 1. The van der Waals surface area contributed by atoms with Crippen LogP contribution in [0.15, 0.2) is 89.6 Å². The molecule has 0 bridgehead atoms. The van der Waals surface area contributed by atoms with Crippen LogP contribution in [0.4, 0.5) is 0 Å².